The minimum Gasteiger partial charge on any atom is -0.443 e. The molecule has 1 aromatic carbocycles. The molecule has 3 aromatic rings. The van der Waals surface area contributed by atoms with Gasteiger partial charge in [-0.2, -0.15) is 13.2 Å². The summed E-state index contributed by atoms with van der Waals surface area (Å²) in [6, 6.07) is 8.03. The van der Waals surface area contributed by atoms with Crippen LogP contribution in [0, 0.1) is 0 Å². The summed E-state index contributed by atoms with van der Waals surface area (Å²) >= 11 is 1.12. The summed E-state index contributed by atoms with van der Waals surface area (Å²) < 4.78 is 46.6. The Morgan fingerprint density at radius 2 is 1.81 bits per heavy atom. The van der Waals surface area contributed by atoms with Crippen molar-refractivity contribution < 1.29 is 32.3 Å². The van der Waals surface area contributed by atoms with Gasteiger partial charge >= 0.3 is 12.3 Å². The SMILES string of the molecule is CO[n+]1ccc(-c2csc(N(C(=O)OC(C)(C)C)c3cccc(C(F)(F)F)c3)n2)cc1. The summed E-state index contributed by atoms with van der Waals surface area (Å²) in [4.78, 5) is 23.5. The number of nitrogens with zero attached hydrogens (tertiary/aromatic N) is 3. The number of carbonyl (C=O) groups excluding carboxylic acids is 1. The molecule has 0 unspecified atom stereocenters. The van der Waals surface area contributed by atoms with Crippen LogP contribution in [-0.4, -0.2) is 23.8 Å². The maximum atomic E-state index is 13.2. The smallest absolute Gasteiger partial charge is 0.421 e. The molecular formula is C21H21F3N3O3S+. The largest absolute Gasteiger partial charge is 0.443 e. The third kappa shape index (κ3) is 5.52. The van der Waals surface area contributed by atoms with Crippen LogP contribution < -0.4 is 14.5 Å². The fourth-order valence-corrected chi connectivity index (χ4v) is 3.47. The molecule has 2 heterocycles. The standard InChI is InChI=1S/C21H21F3N3O3S/c1-20(2,3)30-19(28)27(16-7-5-6-15(12-16)21(22,23)24)18-25-17(13-31-18)14-8-10-26(29-4)11-9-14/h5-13H,1-4H3/q+1. The first kappa shape index (κ1) is 22.5. The molecular weight excluding hydrogens is 431 g/mol. The van der Waals surface area contributed by atoms with Gasteiger partial charge in [0, 0.05) is 27.8 Å². The Labute approximate surface area is 181 Å². The number of ether oxygens (including phenoxy) is 1. The van der Waals surface area contributed by atoms with Crippen LogP contribution in [0.2, 0.25) is 0 Å². The van der Waals surface area contributed by atoms with E-state index in [1.54, 1.807) is 50.7 Å². The number of benzene rings is 1. The number of alkyl halides is 3. The molecule has 164 valence electrons. The van der Waals surface area contributed by atoms with Crippen molar-refractivity contribution in [3.8, 4) is 11.3 Å². The highest BCUT2D eigenvalue weighted by Crippen LogP contribution is 2.36. The average molecular weight is 452 g/mol. The fourth-order valence-electron chi connectivity index (χ4n) is 2.63. The lowest BCUT2D eigenvalue weighted by molar-refractivity contribution is -0.885. The number of hydrogen-bond acceptors (Lipinski definition) is 5. The van der Waals surface area contributed by atoms with Crippen LogP contribution >= 0.6 is 11.3 Å². The normalized spacial score (nSPS) is 11.8. The van der Waals surface area contributed by atoms with E-state index in [0.717, 1.165) is 33.9 Å². The molecule has 0 saturated carbocycles. The molecule has 0 aliphatic heterocycles. The quantitative estimate of drug-likeness (QED) is 0.508. The first-order valence-corrected chi connectivity index (χ1v) is 10.1. The van der Waals surface area contributed by atoms with Gasteiger partial charge in [-0.15, -0.1) is 11.3 Å². The van der Waals surface area contributed by atoms with Crippen LogP contribution in [0.3, 0.4) is 0 Å². The average Bonchev–Trinajstić information content (AvgIpc) is 3.16. The predicted octanol–water partition coefficient (Wildman–Crippen LogP) is 5.25. The summed E-state index contributed by atoms with van der Waals surface area (Å²) in [7, 11) is 1.52. The van der Waals surface area contributed by atoms with Gasteiger partial charge < -0.3 is 4.74 Å². The Kier molecular flexibility index (Phi) is 6.21. The van der Waals surface area contributed by atoms with Crippen molar-refractivity contribution in [2.75, 3.05) is 12.0 Å². The lowest BCUT2D eigenvalue weighted by atomic mass is 10.2. The zero-order valence-corrected chi connectivity index (χ0v) is 18.1. The Morgan fingerprint density at radius 1 is 1.13 bits per heavy atom. The summed E-state index contributed by atoms with van der Waals surface area (Å²) in [5.74, 6) is 0. The highest BCUT2D eigenvalue weighted by molar-refractivity contribution is 7.14. The summed E-state index contributed by atoms with van der Waals surface area (Å²) in [5, 5.41) is 1.90. The fraction of sp³-hybridized carbons (Fsp3) is 0.286. The van der Waals surface area contributed by atoms with Gasteiger partial charge in [-0.1, -0.05) is 6.07 Å². The second-order valence-corrected chi connectivity index (χ2v) is 8.34. The molecule has 31 heavy (non-hydrogen) atoms. The molecule has 0 radical (unpaired) electrons. The van der Waals surface area contributed by atoms with Crippen molar-refractivity contribution >= 4 is 28.2 Å². The van der Waals surface area contributed by atoms with Gasteiger partial charge in [0.1, 0.15) is 12.7 Å². The topological polar surface area (TPSA) is 55.5 Å². The molecule has 0 saturated heterocycles. The Bertz CT molecular complexity index is 1060. The second kappa shape index (κ2) is 8.54. The van der Waals surface area contributed by atoms with Crippen LogP contribution in [0.15, 0.2) is 54.2 Å². The molecule has 2 aromatic heterocycles. The lowest BCUT2D eigenvalue weighted by Crippen LogP contribution is -2.39. The van der Waals surface area contributed by atoms with E-state index < -0.39 is 23.4 Å². The third-order valence-corrected chi connectivity index (χ3v) is 4.83. The van der Waals surface area contributed by atoms with Crippen LogP contribution in [0.1, 0.15) is 26.3 Å². The van der Waals surface area contributed by atoms with Crippen molar-refractivity contribution in [1.82, 2.24) is 4.98 Å². The molecule has 1 amide bonds. The molecule has 0 aliphatic carbocycles. The van der Waals surface area contributed by atoms with E-state index in [-0.39, 0.29) is 10.8 Å². The highest BCUT2D eigenvalue weighted by atomic mass is 32.1. The van der Waals surface area contributed by atoms with Gasteiger partial charge in [-0.3, -0.25) is 4.84 Å². The van der Waals surface area contributed by atoms with Crippen LogP contribution in [-0.2, 0) is 10.9 Å². The Hall–Kier alpha value is -3.14. The predicted molar refractivity (Wildman–Crippen MR) is 110 cm³/mol. The molecule has 6 nitrogen and oxygen atoms in total. The molecule has 0 N–H and O–H groups in total. The molecule has 0 bridgehead atoms. The van der Waals surface area contributed by atoms with Gasteiger partial charge in [-0.05, 0) is 39.0 Å². The number of aromatic nitrogens is 2. The molecule has 0 aliphatic rings. The Balaban J connectivity index is 2.03. The second-order valence-electron chi connectivity index (χ2n) is 7.51. The van der Waals surface area contributed by atoms with Crippen molar-refractivity contribution in [2.24, 2.45) is 0 Å². The molecule has 0 atom stereocenters. The maximum Gasteiger partial charge on any atom is 0.421 e. The van der Waals surface area contributed by atoms with Crippen molar-refractivity contribution in [3.63, 3.8) is 0 Å². The van der Waals surface area contributed by atoms with E-state index in [4.69, 9.17) is 9.57 Å². The first-order chi connectivity index (χ1) is 14.5. The van der Waals surface area contributed by atoms with Gasteiger partial charge in [-0.25, -0.2) is 14.7 Å². The zero-order valence-electron chi connectivity index (χ0n) is 17.3. The van der Waals surface area contributed by atoms with Crippen LogP contribution in [0.25, 0.3) is 11.3 Å². The number of pyridine rings is 1. The number of halogens is 3. The summed E-state index contributed by atoms with van der Waals surface area (Å²) in [5.41, 5.74) is -0.393. The van der Waals surface area contributed by atoms with Crippen molar-refractivity contribution in [3.05, 3.63) is 59.7 Å². The van der Waals surface area contributed by atoms with Crippen LogP contribution in [0.5, 0.6) is 0 Å². The van der Waals surface area contributed by atoms with E-state index in [1.165, 1.54) is 24.0 Å². The number of rotatable bonds is 4. The molecule has 10 heteroatoms. The lowest BCUT2D eigenvalue weighted by Gasteiger charge is -2.26. The third-order valence-electron chi connectivity index (χ3n) is 4.00. The minimum atomic E-state index is -4.55. The van der Waals surface area contributed by atoms with E-state index in [1.807, 2.05) is 0 Å². The summed E-state index contributed by atoms with van der Waals surface area (Å²) in [6.07, 6.45) is -2.00. The Morgan fingerprint density at radius 3 is 2.39 bits per heavy atom. The van der Waals surface area contributed by atoms with Gasteiger partial charge in [0.15, 0.2) is 5.13 Å². The van der Waals surface area contributed by atoms with E-state index in [2.05, 4.69) is 4.98 Å². The molecule has 0 fully saturated rings. The number of carbonyl (C=O) groups is 1. The maximum absolute atomic E-state index is 13.2. The molecule has 0 spiro atoms. The number of anilines is 2. The zero-order chi connectivity index (χ0) is 22.8. The minimum absolute atomic E-state index is 0.00950. The van der Waals surface area contributed by atoms with Crippen molar-refractivity contribution in [1.29, 1.82) is 0 Å². The van der Waals surface area contributed by atoms with Gasteiger partial charge in [0.2, 0.25) is 12.4 Å². The van der Waals surface area contributed by atoms with Crippen molar-refractivity contribution in [2.45, 2.75) is 32.5 Å². The number of amides is 1. The van der Waals surface area contributed by atoms with Gasteiger partial charge in [0.25, 0.3) is 0 Å². The monoisotopic (exact) mass is 452 g/mol. The van der Waals surface area contributed by atoms with E-state index in [0.29, 0.717) is 5.69 Å². The molecule has 3 rings (SSSR count). The van der Waals surface area contributed by atoms with E-state index >= 15 is 0 Å². The van der Waals surface area contributed by atoms with E-state index in [9.17, 15) is 18.0 Å². The number of thiazole rings is 1. The number of hydrogen-bond donors (Lipinski definition) is 0. The van der Waals surface area contributed by atoms with Crippen LogP contribution in [0.4, 0.5) is 28.8 Å². The first-order valence-electron chi connectivity index (χ1n) is 9.20. The summed E-state index contributed by atoms with van der Waals surface area (Å²) in [6.45, 7) is 5.03. The van der Waals surface area contributed by atoms with Gasteiger partial charge in [0.05, 0.1) is 16.9 Å². The highest BCUT2D eigenvalue weighted by Gasteiger charge is 2.33.